The van der Waals surface area contributed by atoms with Crippen LogP contribution in [0.4, 0.5) is 5.69 Å². The van der Waals surface area contributed by atoms with Crippen molar-refractivity contribution in [2.75, 3.05) is 5.73 Å². The van der Waals surface area contributed by atoms with Gasteiger partial charge in [-0.2, -0.15) is 11.8 Å². The average molecular weight is 207 g/mol. The maximum absolute atomic E-state index is 5.73. The number of nitrogen functional groups attached to an aromatic ring is 1. The quantitative estimate of drug-likeness (QED) is 0.768. The van der Waals surface area contributed by atoms with Gasteiger partial charge in [-0.15, -0.1) is 0 Å². The zero-order chi connectivity index (χ0) is 9.80. The van der Waals surface area contributed by atoms with E-state index in [0.717, 1.165) is 16.7 Å². The van der Waals surface area contributed by atoms with Crippen molar-refractivity contribution in [2.24, 2.45) is 0 Å². The highest BCUT2D eigenvalue weighted by molar-refractivity contribution is 7.99. The van der Waals surface area contributed by atoms with Crippen molar-refractivity contribution in [1.82, 2.24) is 0 Å². The standard InChI is InChI=1S/C12H17NS/c13-11-5-3-4-10(8-11)9-14-12-6-1-2-7-12/h3-5,8,12H,1-2,6-7,9,13H2. The molecule has 14 heavy (non-hydrogen) atoms. The monoisotopic (exact) mass is 207 g/mol. The molecule has 0 aromatic heterocycles. The number of hydrogen-bond donors (Lipinski definition) is 1. The number of benzene rings is 1. The molecule has 0 amide bonds. The van der Waals surface area contributed by atoms with Crippen LogP contribution >= 0.6 is 11.8 Å². The summed E-state index contributed by atoms with van der Waals surface area (Å²) in [5.74, 6) is 1.12. The van der Waals surface area contributed by atoms with Crippen LogP contribution in [-0.4, -0.2) is 5.25 Å². The molecule has 0 saturated heterocycles. The first-order chi connectivity index (χ1) is 6.84. The Balaban J connectivity index is 1.85. The minimum absolute atomic E-state index is 0.884. The summed E-state index contributed by atoms with van der Waals surface area (Å²) >= 11 is 2.09. The molecule has 1 nitrogen and oxygen atoms in total. The van der Waals surface area contributed by atoms with Gasteiger partial charge < -0.3 is 5.73 Å². The van der Waals surface area contributed by atoms with Crippen LogP contribution < -0.4 is 5.73 Å². The zero-order valence-corrected chi connectivity index (χ0v) is 9.22. The lowest BCUT2D eigenvalue weighted by atomic mass is 10.2. The van der Waals surface area contributed by atoms with E-state index in [9.17, 15) is 0 Å². The van der Waals surface area contributed by atoms with E-state index in [2.05, 4.69) is 23.9 Å². The first kappa shape index (κ1) is 9.91. The third-order valence-corrected chi connectivity index (χ3v) is 4.18. The van der Waals surface area contributed by atoms with Crippen LogP contribution in [0.3, 0.4) is 0 Å². The first-order valence-electron chi connectivity index (χ1n) is 5.30. The number of nitrogens with two attached hydrogens (primary N) is 1. The third-order valence-electron chi connectivity index (χ3n) is 2.74. The topological polar surface area (TPSA) is 26.0 Å². The van der Waals surface area contributed by atoms with Crippen LogP contribution in [0.1, 0.15) is 31.2 Å². The molecule has 0 bridgehead atoms. The van der Waals surface area contributed by atoms with E-state index in [1.807, 2.05) is 12.1 Å². The summed E-state index contributed by atoms with van der Waals surface area (Å²) in [6.45, 7) is 0. The highest BCUT2D eigenvalue weighted by Crippen LogP contribution is 2.31. The summed E-state index contributed by atoms with van der Waals surface area (Å²) in [7, 11) is 0. The Morgan fingerprint density at radius 2 is 2.07 bits per heavy atom. The fourth-order valence-corrected chi connectivity index (χ4v) is 3.23. The largest absolute Gasteiger partial charge is 0.399 e. The molecule has 1 aromatic carbocycles. The minimum Gasteiger partial charge on any atom is -0.399 e. The van der Waals surface area contributed by atoms with Gasteiger partial charge in [0.1, 0.15) is 0 Å². The van der Waals surface area contributed by atoms with Crippen LogP contribution in [0.25, 0.3) is 0 Å². The number of thioether (sulfide) groups is 1. The van der Waals surface area contributed by atoms with Crippen molar-refractivity contribution in [3.63, 3.8) is 0 Å². The second-order valence-corrected chi connectivity index (χ2v) is 5.25. The Morgan fingerprint density at radius 3 is 2.79 bits per heavy atom. The van der Waals surface area contributed by atoms with Crippen molar-refractivity contribution in [1.29, 1.82) is 0 Å². The lowest BCUT2D eigenvalue weighted by Gasteiger charge is -2.08. The van der Waals surface area contributed by atoms with Gasteiger partial charge in [0.15, 0.2) is 0 Å². The molecule has 0 spiro atoms. The minimum atomic E-state index is 0.884. The molecule has 1 saturated carbocycles. The predicted molar refractivity (Wildman–Crippen MR) is 64.4 cm³/mol. The molecule has 1 aliphatic carbocycles. The maximum atomic E-state index is 5.73. The van der Waals surface area contributed by atoms with Crippen LogP contribution in [0, 0.1) is 0 Å². The van der Waals surface area contributed by atoms with Crippen LogP contribution in [0.2, 0.25) is 0 Å². The summed E-state index contributed by atoms with van der Waals surface area (Å²) in [6, 6.07) is 8.24. The highest BCUT2D eigenvalue weighted by Gasteiger charge is 2.14. The lowest BCUT2D eigenvalue weighted by molar-refractivity contribution is 0.886. The number of hydrogen-bond acceptors (Lipinski definition) is 2. The van der Waals surface area contributed by atoms with Crippen LogP contribution in [0.5, 0.6) is 0 Å². The van der Waals surface area contributed by atoms with Gasteiger partial charge in [0.25, 0.3) is 0 Å². The molecule has 2 N–H and O–H groups in total. The summed E-state index contributed by atoms with van der Waals surface area (Å²) < 4.78 is 0. The third kappa shape index (κ3) is 2.68. The van der Waals surface area contributed by atoms with Crippen molar-refractivity contribution in [3.05, 3.63) is 29.8 Å². The van der Waals surface area contributed by atoms with E-state index >= 15 is 0 Å². The van der Waals surface area contributed by atoms with Crippen LogP contribution in [-0.2, 0) is 5.75 Å². The highest BCUT2D eigenvalue weighted by atomic mass is 32.2. The molecule has 0 atom stereocenters. The molecule has 0 unspecified atom stereocenters. The van der Waals surface area contributed by atoms with Gasteiger partial charge in [0.05, 0.1) is 0 Å². The maximum Gasteiger partial charge on any atom is 0.0317 e. The van der Waals surface area contributed by atoms with E-state index in [1.54, 1.807) is 0 Å². The Kier molecular flexibility index (Phi) is 3.35. The smallest absolute Gasteiger partial charge is 0.0317 e. The van der Waals surface area contributed by atoms with Gasteiger partial charge in [-0.3, -0.25) is 0 Å². The average Bonchev–Trinajstić information content (AvgIpc) is 2.67. The van der Waals surface area contributed by atoms with Crippen molar-refractivity contribution in [2.45, 2.75) is 36.7 Å². The molecular formula is C12H17NS. The second-order valence-electron chi connectivity index (χ2n) is 3.96. The molecule has 0 aliphatic heterocycles. The molecule has 1 fully saturated rings. The summed E-state index contributed by atoms with van der Waals surface area (Å²) in [5, 5.41) is 0.899. The Bertz CT molecular complexity index is 292. The predicted octanol–water partition coefficient (Wildman–Crippen LogP) is 3.44. The molecule has 0 radical (unpaired) electrons. The van der Waals surface area contributed by atoms with Gasteiger partial charge in [0.2, 0.25) is 0 Å². The van der Waals surface area contributed by atoms with E-state index in [4.69, 9.17) is 5.73 Å². The first-order valence-corrected chi connectivity index (χ1v) is 6.35. The van der Waals surface area contributed by atoms with E-state index in [0.29, 0.717) is 0 Å². The Labute approximate surface area is 90.1 Å². The van der Waals surface area contributed by atoms with Crippen LogP contribution in [0.15, 0.2) is 24.3 Å². The summed E-state index contributed by atoms with van der Waals surface area (Å²) in [5.41, 5.74) is 7.98. The Hall–Kier alpha value is -0.630. The normalized spacial score (nSPS) is 17.4. The Morgan fingerprint density at radius 1 is 1.29 bits per heavy atom. The van der Waals surface area contributed by atoms with Gasteiger partial charge in [-0.05, 0) is 30.5 Å². The van der Waals surface area contributed by atoms with Gasteiger partial charge >= 0.3 is 0 Å². The van der Waals surface area contributed by atoms with Gasteiger partial charge in [0, 0.05) is 16.7 Å². The van der Waals surface area contributed by atoms with Crippen molar-refractivity contribution >= 4 is 17.4 Å². The number of rotatable bonds is 3. The molecule has 76 valence electrons. The lowest BCUT2D eigenvalue weighted by Crippen LogP contribution is -1.95. The molecule has 2 rings (SSSR count). The second kappa shape index (κ2) is 4.74. The van der Waals surface area contributed by atoms with Gasteiger partial charge in [-0.25, -0.2) is 0 Å². The molecule has 0 heterocycles. The van der Waals surface area contributed by atoms with E-state index < -0.39 is 0 Å². The molecule has 2 heteroatoms. The molecule has 1 aromatic rings. The SMILES string of the molecule is Nc1cccc(CSC2CCCC2)c1. The van der Waals surface area contributed by atoms with E-state index in [-0.39, 0.29) is 0 Å². The van der Waals surface area contributed by atoms with Crippen molar-refractivity contribution in [3.8, 4) is 0 Å². The van der Waals surface area contributed by atoms with E-state index in [1.165, 1.54) is 31.2 Å². The van der Waals surface area contributed by atoms with Crippen molar-refractivity contribution < 1.29 is 0 Å². The zero-order valence-electron chi connectivity index (χ0n) is 8.41. The van der Waals surface area contributed by atoms with Gasteiger partial charge in [-0.1, -0.05) is 25.0 Å². The number of anilines is 1. The molecular weight excluding hydrogens is 190 g/mol. The summed E-state index contributed by atoms with van der Waals surface area (Å²) in [4.78, 5) is 0. The fraction of sp³-hybridized carbons (Fsp3) is 0.500. The summed E-state index contributed by atoms with van der Waals surface area (Å²) in [6.07, 6.45) is 5.67. The molecule has 1 aliphatic rings. The fourth-order valence-electron chi connectivity index (χ4n) is 1.95.